The van der Waals surface area contributed by atoms with Gasteiger partial charge < -0.3 is 5.73 Å². The topological polar surface area (TPSA) is 63.4 Å². The van der Waals surface area contributed by atoms with Crippen molar-refractivity contribution in [3.63, 3.8) is 0 Å². The average Bonchev–Trinajstić information content (AvgIpc) is 3.02. The standard InChI is InChI=1S/C16H24N2O2S/c1-11(2)12-4-3-5-14(8-12)21(19,20)18-9-13-6-7-16(17)15(13)10-18/h3-5,8,11,13,15-16H,6-7,9-10,17H2,1-2H3. The Morgan fingerprint density at radius 1 is 1.24 bits per heavy atom. The van der Waals surface area contributed by atoms with Gasteiger partial charge in [-0.05, 0) is 48.3 Å². The third kappa shape index (κ3) is 2.62. The first kappa shape index (κ1) is 15.0. The van der Waals surface area contributed by atoms with E-state index in [1.807, 2.05) is 18.2 Å². The summed E-state index contributed by atoms with van der Waals surface area (Å²) < 4.78 is 27.3. The van der Waals surface area contributed by atoms with Crippen molar-refractivity contribution in [2.45, 2.75) is 43.5 Å². The van der Waals surface area contributed by atoms with Crippen LogP contribution in [0, 0.1) is 11.8 Å². The summed E-state index contributed by atoms with van der Waals surface area (Å²) in [5.41, 5.74) is 7.17. The van der Waals surface area contributed by atoms with Crippen LogP contribution in [0.2, 0.25) is 0 Å². The number of sulfonamides is 1. The molecule has 116 valence electrons. The zero-order valence-electron chi connectivity index (χ0n) is 12.7. The highest BCUT2D eigenvalue weighted by atomic mass is 32.2. The molecule has 0 spiro atoms. The molecule has 3 unspecified atom stereocenters. The molecule has 4 nitrogen and oxygen atoms in total. The molecule has 1 aromatic carbocycles. The van der Waals surface area contributed by atoms with Crippen LogP contribution >= 0.6 is 0 Å². The molecule has 21 heavy (non-hydrogen) atoms. The summed E-state index contributed by atoms with van der Waals surface area (Å²) in [6, 6.07) is 7.50. The predicted molar refractivity (Wildman–Crippen MR) is 83.5 cm³/mol. The number of nitrogens with zero attached hydrogens (tertiary/aromatic N) is 1. The largest absolute Gasteiger partial charge is 0.327 e. The van der Waals surface area contributed by atoms with Gasteiger partial charge in [0.15, 0.2) is 0 Å². The van der Waals surface area contributed by atoms with Gasteiger partial charge in [-0.3, -0.25) is 0 Å². The quantitative estimate of drug-likeness (QED) is 0.931. The van der Waals surface area contributed by atoms with Crippen LogP contribution in [0.1, 0.15) is 38.2 Å². The lowest BCUT2D eigenvalue weighted by atomic mass is 9.98. The normalized spacial score (nSPS) is 30.0. The fourth-order valence-electron chi connectivity index (χ4n) is 3.65. The van der Waals surface area contributed by atoms with Gasteiger partial charge in [-0.25, -0.2) is 8.42 Å². The van der Waals surface area contributed by atoms with E-state index in [-0.39, 0.29) is 6.04 Å². The van der Waals surface area contributed by atoms with E-state index >= 15 is 0 Å². The van der Waals surface area contributed by atoms with Gasteiger partial charge in [-0.15, -0.1) is 0 Å². The van der Waals surface area contributed by atoms with Crippen molar-refractivity contribution in [1.82, 2.24) is 4.31 Å². The molecule has 1 aliphatic heterocycles. The van der Waals surface area contributed by atoms with Crippen LogP contribution in [0.5, 0.6) is 0 Å². The maximum Gasteiger partial charge on any atom is 0.243 e. The lowest BCUT2D eigenvalue weighted by Crippen LogP contribution is -2.33. The van der Waals surface area contributed by atoms with E-state index in [4.69, 9.17) is 5.73 Å². The molecule has 0 radical (unpaired) electrons. The molecule has 3 atom stereocenters. The Hall–Kier alpha value is -0.910. The van der Waals surface area contributed by atoms with E-state index in [2.05, 4.69) is 13.8 Å². The molecule has 0 amide bonds. The molecule has 1 aromatic rings. The van der Waals surface area contributed by atoms with Gasteiger partial charge >= 0.3 is 0 Å². The third-order valence-corrected chi connectivity index (χ3v) is 6.87. The Morgan fingerprint density at radius 2 is 2.00 bits per heavy atom. The number of fused-ring (bicyclic) bond motifs is 1. The third-order valence-electron chi connectivity index (χ3n) is 5.04. The van der Waals surface area contributed by atoms with E-state index in [0.717, 1.165) is 18.4 Å². The van der Waals surface area contributed by atoms with Crippen LogP contribution < -0.4 is 5.73 Å². The maximum atomic E-state index is 12.8. The molecule has 2 fully saturated rings. The second kappa shape index (κ2) is 5.38. The molecule has 1 aliphatic carbocycles. The second-order valence-corrected chi connectivity index (χ2v) is 8.65. The Kier molecular flexibility index (Phi) is 3.84. The molecule has 1 saturated heterocycles. The number of benzene rings is 1. The Bertz CT molecular complexity index is 627. The lowest BCUT2D eigenvalue weighted by Gasteiger charge is -2.19. The minimum atomic E-state index is -3.38. The fourth-order valence-corrected chi connectivity index (χ4v) is 5.24. The van der Waals surface area contributed by atoms with Crippen molar-refractivity contribution in [1.29, 1.82) is 0 Å². The van der Waals surface area contributed by atoms with Crippen molar-refractivity contribution in [2.24, 2.45) is 17.6 Å². The summed E-state index contributed by atoms with van der Waals surface area (Å²) in [5.74, 6) is 1.11. The van der Waals surface area contributed by atoms with Crippen molar-refractivity contribution in [3.8, 4) is 0 Å². The van der Waals surface area contributed by atoms with Gasteiger partial charge in [0, 0.05) is 19.1 Å². The van der Waals surface area contributed by atoms with Crippen molar-refractivity contribution >= 4 is 10.0 Å². The average molecular weight is 308 g/mol. The zero-order valence-corrected chi connectivity index (χ0v) is 13.5. The highest BCUT2D eigenvalue weighted by Crippen LogP contribution is 2.39. The molecule has 3 rings (SSSR count). The van der Waals surface area contributed by atoms with Crippen LogP contribution in [0.3, 0.4) is 0 Å². The highest BCUT2D eigenvalue weighted by Gasteiger charge is 2.45. The van der Waals surface area contributed by atoms with Crippen LogP contribution in [0.15, 0.2) is 29.2 Å². The summed E-state index contributed by atoms with van der Waals surface area (Å²) in [4.78, 5) is 0.419. The maximum absolute atomic E-state index is 12.8. The fraction of sp³-hybridized carbons (Fsp3) is 0.625. The SMILES string of the molecule is CC(C)c1cccc(S(=O)(=O)N2CC3CCC(N)C3C2)c1. The molecule has 1 saturated carbocycles. The number of nitrogens with two attached hydrogens (primary N) is 1. The Morgan fingerprint density at radius 3 is 2.67 bits per heavy atom. The molecular formula is C16H24N2O2S. The molecule has 1 heterocycles. The Balaban J connectivity index is 1.86. The second-order valence-electron chi connectivity index (χ2n) is 6.71. The minimum Gasteiger partial charge on any atom is -0.327 e. The smallest absolute Gasteiger partial charge is 0.243 e. The van der Waals surface area contributed by atoms with Crippen LogP contribution in [-0.2, 0) is 10.0 Å². The van der Waals surface area contributed by atoms with Gasteiger partial charge in [0.05, 0.1) is 4.90 Å². The highest BCUT2D eigenvalue weighted by molar-refractivity contribution is 7.89. The monoisotopic (exact) mass is 308 g/mol. The van der Waals surface area contributed by atoms with Crippen LogP contribution in [0.4, 0.5) is 0 Å². The van der Waals surface area contributed by atoms with E-state index in [9.17, 15) is 8.42 Å². The molecule has 0 aromatic heterocycles. The van der Waals surface area contributed by atoms with Crippen molar-refractivity contribution in [3.05, 3.63) is 29.8 Å². The Labute approximate surface area is 127 Å². The van der Waals surface area contributed by atoms with E-state index in [1.165, 1.54) is 0 Å². The van der Waals surface area contributed by atoms with Crippen LogP contribution in [-0.4, -0.2) is 31.9 Å². The van der Waals surface area contributed by atoms with Gasteiger partial charge in [-0.1, -0.05) is 26.0 Å². The number of hydrogen-bond acceptors (Lipinski definition) is 3. The van der Waals surface area contributed by atoms with Crippen LogP contribution in [0.25, 0.3) is 0 Å². The number of rotatable bonds is 3. The molecule has 5 heteroatoms. The molecule has 0 bridgehead atoms. The summed E-state index contributed by atoms with van der Waals surface area (Å²) in [5, 5.41) is 0. The van der Waals surface area contributed by atoms with E-state index in [0.29, 0.717) is 35.7 Å². The first-order valence-corrected chi connectivity index (χ1v) is 9.19. The van der Waals surface area contributed by atoms with Crippen molar-refractivity contribution < 1.29 is 8.42 Å². The zero-order chi connectivity index (χ0) is 15.2. The summed E-state index contributed by atoms with van der Waals surface area (Å²) >= 11 is 0. The van der Waals surface area contributed by atoms with Gasteiger partial charge in [-0.2, -0.15) is 4.31 Å². The van der Waals surface area contributed by atoms with Crippen molar-refractivity contribution in [2.75, 3.05) is 13.1 Å². The number of hydrogen-bond donors (Lipinski definition) is 1. The van der Waals surface area contributed by atoms with Gasteiger partial charge in [0.25, 0.3) is 0 Å². The molecule has 2 N–H and O–H groups in total. The predicted octanol–water partition coefficient (Wildman–Crippen LogP) is 2.17. The van der Waals surface area contributed by atoms with E-state index < -0.39 is 10.0 Å². The molecule has 2 aliphatic rings. The minimum absolute atomic E-state index is 0.164. The molecular weight excluding hydrogens is 284 g/mol. The van der Waals surface area contributed by atoms with Gasteiger partial charge in [0.2, 0.25) is 10.0 Å². The summed E-state index contributed by atoms with van der Waals surface area (Å²) in [7, 11) is -3.38. The van der Waals surface area contributed by atoms with Gasteiger partial charge in [0.1, 0.15) is 0 Å². The first-order chi connectivity index (χ1) is 9.89. The first-order valence-electron chi connectivity index (χ1n) is 7.75. The van der Waals surface area contributed by atoms with E-state index in [1.54, 1.807) is 10.4 Å². The summed E-state index contributed by atoms with van der Waals surface area (Å²) in [6.45, 7) is 5.36. The lowest BCUT2D eigenvalue weighted by molar-refractivity contribution is 0.427. The summed E-state index contributed by atoms with van der Waals surface area (Å²) in [6.07, 6.45) is 2.09.